The van der Waals surface area contributed by atoms with Gasteiger partial charge in [0.1, 0.15) is 24.3 Å². The van der Waals surface area contributed by atoms with Gasteiger partial charge in [-0.25, -0.2) is 13.4 Å². The van der Waals surface area contributed by atoms with Crippen molar-refractivity contribution in [2.75, 3.05) is 34.2 Å². The van der Waals surface area contributed by atoms with Gasteiger partial charge in [-0.05, 0) is 69.4 Å². The molecule has 3 rings (SSSR count). The lowest BCUT2D eigenvalue weighted by atomic mass is 9.70. The first-order valence-electron chi connectivity index (χ1n) is 19.7. The lowest BCUT2D eigenvalue weighted by Crippen LogP contribution is -2.63. The van der Waals surface area contributed by atoms with Crippen molar-refractivity contribution in [1.29, 1.82) is 0 Å². The molecule has 0 aromatic rings. The maximum atomic E-state index is 14.5. The van der Waals surface area contributed by atoms with Crippen LogP contribution in [0, 0.1) is 16.7 Å². The van der Waals surface area contributed by atoms with E-state index in [2.05, 4.69) is 50.6 Å². The Morgan fingerprint density at radius 3 is 2.00 bits per heavy atom. The zero-order valence-corrected chi connectivity index (χ0v) is 36.6. The molecule has 4 atom stereocenters. The van der Waals surface area contributed by atoms with Crippen molar-refractivity contribution >= 4 is 55.3 Å². The predicted molar refractivity (Wildman–Crippen MR) is 220 cm³/mol. The summed E-state index contributed by atoms with van der Waals surface area (Å²) >= 11 is 1.19. The Kier molecular flexibility index (Phi) is 24.2. The molecular formula is C38H75N7O6S2. The van der Waals surface area contributed by atoms with E-state index in [1.807, 2.05) is 46.2 Å². The second-order valence-corrected chi connectivity index (χ2v) is 16.7. The molecule has 5 amide bonds. The first-order valence-corrected chi connectivity index (χ1v) is 20.4. The highest BCUT2D eigenvalue weighted by Crippen LogP contribution is 2.40. The summed E-state index contributed by atoms with van der Waals surface area (Å²) in [7, 11) is 5.57. The largest absolute Gasteiger partial charge is 0.363 e. The summed E-state index contributed by atoms with van der Waals surface area (Å²) in [6.45, 7) is 17.3. The molecule has 15 heteroatoms. The zero-order chi connectivity index (χ0) is 39.6. The molecule has 2 saturated carbocycles. The minimum absolute atomic E-state index is 0. The number of nitrogens with one attached hydrogen (secondary N) is 3. The Bertz CT molecular complexity index is 1130. The van der Waals surface area contributed by atoms with Crippen LogP contribution in [0.3, 0.4) is 0 Å². The molecule has 0 aromatic carbocycles. The monoisotopic (exact) mass is 790 g/mol. The Hall–Kier alpha value is -2.07. The minimum atomic E-state index is -1.08. The van der Waals surface area contributed by atoms with Gasteiger partial charge in [0, 0.05) is 20.1 Å². The van der Waals surface area contributed by atoms with Gasteiger partial charge in [-0.15, -0.1) is 0 Å². The maximum absolute atomic E-state index is 14.5. The van der Waals surface area contributed by atoms with Gasteiger partial charge >= 0.3 is 6.03 Å². The van der Waals surface area contributed by atoms with Crippen LogP contribution in [0.4, 0.5) is 4.79 Å². The fourth-order valence-electron chi connectivity index (χ4n) is 6.86. The number of hydroxylamine groups is 2. The number of nitrogens with two attached hydrogens (primary N) is 1. The topological polar surface area (TPSA) is 166 Å². The van der Waals surface area contributed by atoms with Crippen molar-refractivity contribution in [1.82, 2.24) is 30.2 Å². The Labute approximate surface area is 332 Å². The molecule has 5 N–H and O–H groups in total. The first kappa shape index (κ1) is 50.9. The van der Waals surface area contributed by atoms with Crippen LogP contribution in [0.25, 0.3) is 0 Å². The van der Waals surface area contributed by atoms with E-state index in [1.165, 1.54) is 18.6 Å². The summed E-state index contributed by atoms with van der Waals surface area (Å²) in [5.74, 6) is -2.40. The summed E-state index contributed by atoms with van der Waals surface area (Å²) in [5, 5.41) is 10.7. The molecule has 1 aliphatic heterocycles. The SMILES string of the molecule is CC.CCC.CCC(C)(C)C(CN(C)OSN(C)C)NC(=O)NC(C(=O)N1CCCC1C(=O)NC(CC1CCC1)C(=O)C(N)=O)C1(C)CCCCC1.S. The van der Waals surface area contributed by atoms with Crippen LogP contribution >= 0.6 is 25.7 Å². The van der Waals surface area contributed by atoms with E-state index >= 15 is 0 Å². The molecule has 3 fully saturated rings. The summed E-state index contributed by atoms with van der Waals surface area (Å²) in [6, 6.07) is -3.40. The Balaban J connectivity index is 0.00000428. The molecule has 0 spiro atoms. The smallest absolute Gasteiger partial charge is 0.315 e. The van der Waals surface area contributed by atoms with Crippen molar-refractivity contribution in [3.63, 3.8) is 0 Å². The van der Waals surface area contributed by atoms with E-state index in [4.69, 9.17) is 10.0 Å². The van der Waals surface area contributed by atoms with Gasteiger partial charge in [0.25, 0.3) is 5.91 Å². The summed E-state index contributed by atoms with van der Waals surface area (Å²) in [5.41, 5.74) is 4.55. The summed E-state index contributed by atoms with van der Waals surface area (Å²) in [4.78, 5) is 67.9. The normalized spacial score (nSPS) is 19.9. The van der Waals surface area contributed by atoms with Crippen LogP contribution in [0.5, 0.6) is 0 Å². The number of carbonyl (C=O) groups is 5. The quantitative estimate of drug-likeness (QED) is 0.0627. The minimum Gasteiger partial charge on any atom is -0.363 e. The van der Waals surface area contributed by atoms with Crippen molar-refractivity contribution in [2.45, 2.75) is 163 Å². The van der Waals surface area contributed by atoms with Gasteiger partial charge in [0.05, 0.1) is 12.1 Å². The molecule has 3 aliphatic rings. The van der Waals surface area contributed by atoms with Crippen LogP contribution < -0.4 is 21.7 Å². The molecule has 4 unspecified atom stereocenters. The van der Waals surface area contributed by atoms with Crippen LogP contribution in [0.2, 0.25) is 0 Å². The fourth-order valence-corrected chi connectivity index (χ4v) is 7.17. The van der Waals surface area contributed by atoms with Crippen LogP contribution in [0.15, 0.2) is 0 Å². The van der Waals surface area contributed by atoms with Gasteiger partial charge < -0.3 is 26.6 Å². The molecule has 0 aromatic heterocycles. The van der Waals surface area contributed by atoms with Gasteiger partial charge in [-0.3, -0.25) is 19.2 Å². The molecule has 1 saturated heterocycles. The highest BCUT2D eigenvalue weighted by molar-refractivity contribution is 7.92. The van der Waals surface area contributed by atoms with Crippen molar-refractivity contribution < 1.29 is 28.3 Å². The summed E-state index contributed by atoms with van der Waals surface area (Å²) in [6.07, 6.45) is 10.9. The third-order valence-electron chi connectivity index (χ3n) is 10.6. The van der Waals surface area contributed by atoms with Gasteiger partial charge in [-0.1, -0.05) is 100 Å². The highest BCUT2D eigenvalue weighted by atomic mass is 32.2. The van der Waals surface area contributed by atoms with Crippen LogP contribution in [-0.2, 0) is 23.5 Å². The van der Waals surface area contributed by atoms with Crippen molar-refractivity contribution in [3.8, 4) is 0 Å². The van der Waals surface area contributed by atoms with E-state index in [9.17, 15) is 24.0 Å². The zero-order valence-electron chi connectivity index (χ0n) is 34.8. The lowest BCUT2D eigenvalue weighted by molar-refractivity contribution is -0.144. The molecule has 2 aliphatic carbocycles. The Morgan fingerprint density at radius 1 is 0.925 bits per heavy atom. The molecule has 13 nitrogen and oxygen atoms in total. The number of hydrogen-bond acceptors (Lipinski definition) is 9. The molecule has 0 bridgehead atoms. The highest BCUT2D eigenvalue weighted by Gasteiger charge is 2.47. The number of likely N-dealkylation sites (N-methyl/N-ethyl adjacent to an activating group) is 1. The average Bonchev–Trinajstić information content (AvgIpc) is 3.58. The Morgan fingerprint density at radius 2 is 1.51 bits per heavy atom. The third kappa shape index (κ3) is 16.3. The molecular weight excluding hydrogens is 715 g/mol. The third-order valence-corrected chi connectivity index (χ3v) is 11.3. The number of nitrogens with zero attached hydrogens (tertiary/aromatic N) is 3. The number of carbonyl (C=O) groups excluding carboxylic acids is 5. The number of hydrogen-bond donors (Lipinski definition) is 4. The van der Waals surface area contributed by atoms with E-state index in [-0.39, 0.29) is 36.8 Å². The lowest BCUT2D eigenvalue weighted by Gasteiger charge is -2.43. The number of ketones is 1. The number of primary amides is 1. The number of amides is 5. The number of likely N-dealkylation sites (tertiary alicyclic amines) is 1. The van der Waals surface area contributed by atoms with Gasteiger partial charge in [0.2, 0.25) is 17.6 Å². The standard InChI is InChI=1S/C33H59N7O6S.C3H8.C2H6.H2S/c1-8-32(2,3)25(21-39(7)46-47-38(5)6)36-31(45)37-27(33(4)17-10-9-11-18-33)30(44)40-19-13-16-24(40)29(43)35-23(26(41)28(34)42)20-22-14-12-15-22;1-3-2;1-2;/h22-25,27H,8-21H2,1-7H3,(H2,34,42)(H,35,43)(H2,36,37,45);3H2,1-2H3;1-2H3;1H2. The van der Waals surface area contributed by atoms with E-state index in [1.54, 1.807) is 9.96 Å². The second-order valence-electron chi connectivity index (χ2n) is 15.7. The van der Waals surface area contributed by atoms with Crippen molar-refractivity contribution in [2.24, 2.45) is 22.5 Å². The summed E-state index contributed by atoms with van der Waals surface area (Å²) < 4.78 is 7.56. The fraction of sp³-hybridized carbons (Fsp3) is 0.868. The predicted octanol–water partition coefficient (Wildman–Crippen LogP) is 5.69. The maximum Gasteiger partial charge on any atom is 0.315 e. The van der Waals surface area contributed by atoms with Crippen LogP contribution in [0.1, 0.15) is 139 Å². The second kappa shape index (κ2) is 25.2. The first-order chi connectivity index (χ1) is 24.5. The van der Waals surface area contributed by atoms with E-state index < -0.39 is 47.2 Å². The molecule has 53 heavy (non-hydrogen) atoms. The molecule has 0 radical (unpaired) electrons. The van der Waals surface area contributed by atoms with Crippen LogP contribution in [-0.4, -0.2) is 102 Å². The number of Topliss-reactive ketones (excluding diaryl/α,β-unsaturated/α-hetero) is 1. The van der Waals surface area contributed by atoms with E-state index in [0.29, 0.717) is 32.4 Å². The number of rotatable bonds is 17. The van der Waals surface area contributed by atoms with Gasteiger partial charge in [0.15, 0.2) is 0 Å². The average molecular weight is 790 g/mol. The number of urea groups is 1. The van der Waals surface area contributed by atoms with Crippen molar-refractivity contribution in [3.05, 3.63) is 0 Å². The molecule has 310 valence electrons. The van der Waals surface area contributed by atoms with Gasteiger partial charge in [-0.2, -0.15) is 18.6 Å². The van der Waals surface area contributed by atoms with E-state index in [0.717, 1.165) is 57.8 Å². The molecule has 1 heterocycles.